The molecule has 20 heavy (non-hydrogen) atoms. The first-order valence-electron chi connectivity index (χ1n) is 6.68. The van der Waals surface area contributed by atoms with Gasteiger partial charge in [-0.2, -0.15) is 0 Å². The summed E-state index contributed by atoms with van der Waals surface area (Å²) in [5.41, 5.74) is 4.38. The summed E-state index contributed by atoms with van der Waals surface area (Å²) in [5.74, 6) is 0. The van der Waals surface area contributed by atoms with E-state index in [1.807, 2.05) is 25.1 Å². The minimum Gasteiger partial charge on any atom is -0.465 e. The molecule has 1 aromatic heterocycles. The number of amides is 1. The molecule has 2 heterocycles. The van der Waals surface area contributed by atoms with Gasteiger partial charge in [-0.3, -0.25) is 4.98 Å². The molecule has 0 radical (unpaired) electrons. The fraction of sp³-hybridized carbons (Fsp3) is 0.250. The van der Waals surface area contributed by atoms with E-state index >= 15 is 0 Å². The quantitative estimate of drug-likeness (QED) is 0.863. The van der Waals surface area contributed by atoms with Crippen molar-refractivity contribution >= 4 is 22.6 Å². The molecule has 0 fully saturated rings. The van der Waals surface area contributed by atoms with Gasteiger partial charge in [0.2, 0.25) is 0 Å². The Bertz CT molecular complexity index is 707. The highest BCUT2D eigenvalue weighted by Gasteiger charge is 2.16. The number of pyridine rings is 1. The summed E-state index contributed by atoms with van der Waals surface area (Å²) < 4.78 is 0. The molecule has 3 rings (SSSR count). The molecule has 4 heteroatoms. The van der Waals surface area contributed by atoms with E-state index in [1.54, 1.807) is 0 Å². The maximum atomic E-state index is 10.9. The molecule has 2 aromatic rings. The Morgan fingerprint density at radius 2 is 2.15 bits per heavy atom. The second-order valence-electron chi connectivity index (χ2n) is 5.07. The summed E-state index contributed by atoms with van der Waals surface area (Å²) in [6.45, 7) is 3.01. The van der Waals surface area contributed by atoms with Gasteiger partial charge in [-0.25, -0.2) is 4.79 Å². The molecule has 0 unspecified atom stereocenters. The van der Waals surface area contributed by atoms with E-state index in [1.165, 1.54) is 10.5 Å². The van der Waals surface area contributed by atoms with Crippen LogP contribution in [0.2, 0.25) is 0 Å². The fourth-order valence-corrected chi connectivity index (χ4v) is 2.53. The Hall–Kier alpha value is -2.36. The third-order valence-corrected chi connectivity index (χ3v) is 3.68. The van der Waals surface area contributed by atoms with E-state index in [2.05, 4.69) is 23.2 Å². The molecule has 1 amide bonds. The third kappa shape index (κ3) is 2.37. The van der Waals surface area contributed by atoms with Crippen molar-refractivity contribution < 1.29 is 9.90 Å². The van der Waals surface area contributed by atoms with Crippen LogP contribution in [0.3, 0.4) is 0 Å². The molecule has 1 aromatic carbocycles. The van der Waals surface area contributed by atoms with Crippen LogP contribution in [0.1, 0.15) is 17.7 Å². The lowest BCUT2D eigenvalue weighted by Crippen LogP contribution is -2.33. The Morgan fingerprint density at radius 1 is 1.30 bits per heavy atom. The van der Waals surface area contributed by atoms with Gasteiger partial charge in [0.15, 0.2) is 0 Å². The zero-order chi connectivity index (χ0) is 14.1. The van der Waals surface area contributed by atoms with Crippen LogP contribution in [0.5, 0.6) is 0 Å². The Balaban J connectivity index is 1.91. The normalized spacial score (nSPS) is 15.2. The lowest BCUT2D eigenvalue weighted by molar-refractivity contribution is 0.150. The molecule has 102 valence electrons. The first-order chi connectivity index (χ1) is 9.63. The summed E-state index contributed by atoms with van der Waals surface area (Å²) in [4.78, 5) is 16.8. The van der Waals surface area contributed by atoms with E-state index < -0.39 is 6.09 Å². The zero-order valence-electron chi connectivity index (χ0n) is 11.3. The molecule has 1 aliphatic rings. The van der Waals surface area contributed by atoms with Gasteiger partial charge in [0, 0.05) is 24.2 Å². The summed E-state index contributed by atoms with van der Waals surface area (Å²) in [6.07, 6.45) is 1.91. The molecule has 0 saturated carbocycles. The van der Waals surface area contributed by atoms with Gasteiger partial charge in [0.1, 0.15) is 0 Å². The second kappa shape index (κ2) is 4.96. The van der Waals surface area contributed by atoms with Crippen LogP contribution in [0.15, 0.2) is 36.4 Å². The predicted molar refractivity (Wildman–Crippen MR) is 78.7 cm³/mol. The molecular weight excluding hydrogens is 252 g/mol. The smallest absolute Gasteiger partial charge is 0.407 e. The highest BCUT2D eigenvalue weighted by molar-refractivity contribution is 5.84. The Kier molecular flexibility index (Phi) is 3.14. The lowest BCUT2D eigenvalue weighted by atomic mass is 9.98. The monoisotopic (exact) mass is 268 g/mol. The molecule has 0 bridgehead atoms. The largest absolute Gasteiger partial charge is 0.465 e. The SMILES string of the molecule is Cc1ccc2cc(C3=CCN(C(=O)O)CC3)ccc2n1. The van der Waals surface area contributed by atoms with Crippen LogP contribution in [0.4, 0.5) is 4.79 Å². The average Bonchev–Trinajstić information content (AvgIpc) is 2.47. The molecule has 1 N–H and O–H groups in total. The molecule has 0 saturated heterocycles. The average molecular weight is 268 g/mol. The molecule has 0 spiro atoms. The van der Waals surface area contributed by atoms with Gasteiger partial charge >= 0.3 is 6.09 Å². The van der Waals surface area contributed by atoms with E-state index in [-0.39, 0.29) is 0 Å². The summed E-state index contributed by atoms with van der Waals surface area (Å²) >= 11 is 0. The van der Waals surface area contributed by atoms with Crippen LogP contribution < -0.4 is 0 Å². The fourth-order valence-electron chi connectivity index (χ4n) is 2.53. The Labute approximate surface area is 117 Å². The zero-order valence-corrected chi connectivity index (χ0v) is 11.3. The molecular formula is C16H16N2O2. The van der Waals surface area contributed by atoms with Gasteiger partial charge in [-0.05, 0) is 42.7 Å². The number of hydrogen-bond donors (Lipinski definition) is 1. The van der Waals surface area contributed by atoms with Gasteiger partial charge < -0.3 is 10.0 Å². The molecule has 4 nitrogen and oxygen atoms in total. The van der Waals surface area contributed by atoms with Crippen LogP contribution in [-0.2, 0) is 0 Å². The number of benzene rings is 1. The number of fused-ring (bicyclic) bond motifs is 1. The van der Waals surface area contributed by atoms with Crippen molar-refractivity contribution in [3.05, 3.63) is 47.7 Å². The Morgan fingerprint density at radius 3 is 2.85 bits per heavy atom. The van der Waals surface area contributed by atoms with E-state index in [4.69, 9.17) is 5.11 Å². The first-order valence-corrected chi connectivity index (χ1v) is 6.68. The van der Waals surface area contributed by atoms with Crippen LogP contribution >= 0.6 is 0 Å². The lowest BCUT2D eigenvalue weighted by Gasteiger charge is -2.23. The maximum Gasteiger partial charge on any atom is 0.407 e. The van der Waals surface area contributed by atoms with Crippen LogP contribution in [0.25, 0.3) is 16.5 Å². The van der Waals surface area contributed by atoms with Crippen molar-refractivity contribution in [1.82, 2.24) is 9.88 Å². The molecule has 0 aliphatic carbocycles. The molecule has 0 atom stereocenters. The van der Waals surface area contributed by atoms with Gasteiger partial charge in [0.25, 0.3) is 0 Å². The van der Waals surface area contributed by atoms with Gasteiger partial charge in [-0.1, -0.05) is 18.2 Å². The topological polar surface area (TPSA) is 53.4 Å². The standard InChI is InChI=1S/C16H16N2O2/c1-11-2-3-14-10-13(4-5-15(14)17-11)12-6-8-18(9-7-12)16(19)20/h2-6,10H,7-9H2,1H3,(H,19,20). The van der Waals surface area contributed by atoms with Crippen molar-refractivity contribution in [2.24, 2.45) is 0 Å². The predicted octanol–water partition coefficient (Wildman–Crippen LogP) is 3.31. The van der Waals surface area contributed by atoms with Gasteiger partial charge in [0.05, 0.1) is 5.52 Å². The number of hydrogen-bond acceptors (Lipinski definition) is 2. The highest BCUT2D eigenvalue weighted by Crippen LogP contribution is 2.25. The minimum absolute atomic E-state index is 0.467. The minimum atomic E-state index is -0.849. The first kappa shape index (κ1) is 12.7. The van der Waals surface area contributed by atoms with Crippen molar-refractivity contribution in [1.29, 1.82) is 0 Å². The summed E-state index contributed by atoms with van der Waals surface area (Å²) in [7, 11) is 0. The third-order valence-electron chi connectivity index (χ3n) is 3.68. The van der Waals surface area contributed by atoms with Crippen molar-refractivity contribution in [3.8, 4) is 0 Å². The van der Waals surface area contributed by atoms with Crippen LogP contribution in [-0.4, -0.2) is 34.2 Å². The maximum absolute atomic E-state index is 10.9. The van der Waals surface area contributed by atoms with Gasteiger partial charge in [-0.15, -0.1) is 0 Å². The van der Waals surface area contributed by atoms with Crippen molar-refractivity contribution in [3.63, 3.8) is 0 Å². The number of nitrogens with zero attached hydrogens (tertiary/aromatic N) is 2. The van der Waals surface area contributed by atoms with Crippen molar-refractivity contribution in [2.75, 3.05) is 13.1 Å². The number of aryl methyl sites for hydroxylation is 1. The molecule has 1 aliphatic heterocycles. The second-order valence-corrected chi connectivity index (χ2v) is 5.07. The van der Waals surface area contributed by atoms with E-state index in [0.717, 1.165) is 28.6 Å². The van der Waals surface area contributed by atoms with E-state index in [0.29, 0.717) is 13.1 Å². The van der Waals surface area contributed by atoms with Crippen LogP contribution in [0, 0.1) is 6.92 Å². The summed E-state index contributed by atoms with van der Waals surface area (Å²) in [5, 5.41) is 10.1. The number of rotatable bonds is 1. The van der Waals surface area contributed by atoms with E-state index in [9.17, 15) is 4.79 Å². The highest BCUT2D eigenvalue weighted by atomic mass is 16.4. The summed E-state index contributed by atoms with van der Waals surface area (Å²) in [6, 6.07) is 10.3. The number of carbonyl (C=O) groups is 1. The number of aromatic nitrogens is 1. The van der Waals surface area contributed by atoms with Crippen molar-refractivity contribution in [2.45, 2.75) is 13.3 Å². The number of carboxylic acid groups (broad SMARTS) is 1.